The topological polar surface area (TPSA) is 65.8 Å². The minimum absolute atomic E-state index is 0.205. The van der Waals surface area contributed by atoms with Crippen molar-refractivity contribution < 1.29 is 9.18 Å². The normalized spacial score (nSPS) is 17.6. The van der Waals surface area contributed by atoms with Crippen molar-refractivity contribution in [3.8, 4) is 11.3 Å². The van der Waals surface area contributed by atoms with Crippen molar-refractivity contribution in [2.45, 2.75) is 45.1 Å². The summed E-state index contributed by atoms with van der Waals surface area (Å²) in [7, 11) is 0. The summed E-state index contributed by atoms with van der Waals surface area (Å²) in [4.78, 5) is 21.7. The van der Waals surface area contributed by atoms with Gasteiger partial charge in [-0.1, -0.05) is 43.2 Å². The summed E-state index contributed by atoms with van der Waals surface area (Å²) >= 11 is 1.54. The van der Waals surface area contributed by atoms with Crippen LogP contribution >= 0.6 is 11.3 Å². The zero-order chi connectivity index (χ0) is 21.4. The average Bonchev–Trinajstić information content (AvgIpc) is 3.51. The van der Waals surface area contributed by atoms with Crippen LogP contribution in [0.1, 0.15) is 39.0 Å². The maximum absolute atomic E-state index is 13.9. The minimum Gasteiger partial charge on any atom is -0.365 e. The van der Waals surface area contributed by atoms with E-state index in [-0.39, 0.29) is 11.7 Å². The third kappa shape index (κ3) is 3.98. The summed E-state index contributed by atoms with van der Waals surface area (Å²) in [5, 5.41) is 9.43. The van der Waals surface area contributed by atoms with E-state index in [1.165, 1.54) is 25.0 Å². The maximum Gasteiger partial charge on any atom is 0.222 e. The van der Waals surface area contributed by atoms with Crippen molar-refractivity contribution in [2.24, 2.45) is 0 Å². The van der Waals surface area contributed by atoms with Gasteiger partial charge in [-0.15, -0.1) is 5.10 Å². The Labute approximate surface area is 184 Å². The first-order chi connectivity index (χ1) is 15.1. The highest BCUT2D eigenvalue weighted by molar-refractivity contribution is 7.20. The number of amides is 1. The average molecular weight is 443 g/mol. The van der Waals surface area contributed by atoms with Gasteiger partial charge in [0.1, 0.15) is 11.5 Å². The number of benzene rings is 1. The monoisotopic (exact) mass is 442 g/mol. The number of hydrogen-bond acceptors (Lipinski definition) is 6. The van der Waals surface area contributed by atoms with E-state index in [9.17, 15) is 9.18 Å². The first-order valence-electron chi connectivity index (χ1n) is 11.1. The van der Waals surface area contributed by atoms with Crippen LogP contribution in [0.5, 0.6) is 0 Å². The van der Waals surface area contributed by atoms with E-state index >= 15 is 0 Å². The van der Waals surface area contributed by atoms with Crippen LogP contribution in [-0.4, -0.2) is 57.6 Å². The number of piperazine rings is 1. The first kappa shape index (κ1) is 20.2. The quantitative estimate of drug-likeness (QED) is 0.647. The van der Waals surface area contributed by atoms with Gasteiger partial charge in [0, 0.05) is 44.2 Å². The SMILES string of the molecule is CCC(=O)N1CCN(c2nn3c(NC4CCCC4)c(-c4cccc(F)c4)nc3s2)CC1. The molecular formula is C22H27FN6OS. The number of rotatable bonds is 5. The Morgan fingerprint density at radius 1 is 1.23 bits per heavy atom. The van der Waals surface area contributed by atoms with E-state index < -0.39 is 0 Å². The predicted octanol–water partition coefficient (Wildman–Crippen LogP) is 4.01. The fraction of sp³-hybridized carbons (Fsp3) is 0.500. The summed E-state index contributed by atoms with van der Waals surface area (Å²) in [5.41, 5.74) is 1.50. The van der Waals surface area contributed by atoms with Crippen LogP contribution in [0.15, 0.2) is 24.3 Å². The number of aromatic nitrogens is 3. The molecule has 2 aromatic heterocycles. The zero-order valence-corrected chi connectivity index (χ0v) is 18.5. The Hall–Kier alpha value is -2.68. The van der Waals surface area contributed by atoms with Gasteiger partial charge in [0.05, 0.1) is 0 Å². The van der Waals surface area contributed by atoms with Crippen LogP contribution in [0.4, 0.5) is 15.3 Å². The number of carbonyl (C=O) groups is 1. The molecule has 0 bridgehead atoms. The second-order valence-electron chi connectivity index (χ2n) is 8.25. The highest BCUT2D eigenvalue weighted by Gasteiger charge is 2.26. The molecule has 5 rings (SSSR count). The third-order valence-electron chi connectivity index (χ3n) is 6.19. The first-order valence-corrected chi connectivity index (χ1v) is 11.9. The summed E-state index contributed by atoms with van der Waals surface area (Å²) < 4.78 is 15.8. The van der Waals surface area contributed by atoms with Gasteiger partial charge in [-0.3, -0.25) is 4.79 Å². The molecule has 1 amide bonds. The van der Waals surface area contributed by atoms with Crippen molar-refractivity contribution in [1.82, 2.24) is 19.5 Å². The van der Waals surface area contributed by atoms with Gasteiger partial charge in [0.2, 0.25) is 16.0 Å². The third-order valence-corrected chi connectivity index (χ3v) is 7.16. The number of carbonyl (C=O) groups excluding carboxylic acids is 1. The van der Waals surface area contributed by atoms with Gasteiger partial charge in [0.15, 0.2) is 5.82 Å². The van der Waals surface area contributed by atoms with Crippen LogP contribution in [-0.2, 0) is 4.79 Å². The molecule has 1 saturated heterocycles. The van der Waals surface area contributed by atoms with E-state index in [0.29, 0.717) is 12.5 Å². The van der Waals surface area contributed by atoms with E-state index in [1.807, 2.05) is 22.4 Å². The van der Waals surface area contributed by atoms with E-state index in [2.05, 4.69) is 10.2 Å². The molecular weight excluding hydrogens is 415 g/mol. The lowest BCUT2D eigenvalue weighted by atomic mass is 10.1. The lowest BCUT2D eigenvalue weighted by molar-refractivity contribution is -0.131. The highest BCUT2D eigenvalue weighted by atomic mass is 32.1. The van der Waals surface area contributed by atoms with Gasteiger partial charge in [0.25, 0.3) is 0 Å². The number of hydrogen-bond donors (Lipinski definition) is 1. The van der Waals surface area contributed by atoms with Gasteiger partial charge in [-0.05, 0) is 25.0 Å². The van der Waals surface area contributed by atoms with Crippen molar-refractivity contribution in [2.75, 3.05) is 36.4 Å². The zero-order valence-electron chi connectivity index (χ0n) is 17.7. The van der Waals surface area contributed by atoms with Gasteiger partial charge in [-0.25, -0.2) is 9.37 Å². The summed E-state index contributed by atoms with van der Waals surface area (Å²) in [6, 6.07) is 6.97. The number of imidazole rings is 1. The highest BCUT2D eigenvalue weighted by Crippen LogP contribution is 2.35. The lowest BCUT2D eigenvalue weighted by Gasteiger charge is -2.34. The number of nitrogens with zero attached hydrogens (tertiary/aromatic N) is 5. The summed E-state index contributed by atoms with van der Waals surface area (Å²) in [5.74, 6) is 0.778. The molecule has 1 aromatic carbocycles. The molecule has 1 aliphatic heterocycles. The number of anilines is 2. The molecule has 7 nitrogen and oxygen atoms in total. The van der Waals surface area contributed by atoms with Crippen molar-refractivity contribution in [3.63, 3.8) is 0 Å². The van der Waals surface area contributed by atoms with E-state index in [0.717, 1.165) is 66.2 Å². The van der Waals surface area contributed by atoms with Crippen LogP contribution < -0.4 is 10.2 Å². The predicted molar refractivity (Wildman–Crippen MR) is 121 cm³/mol. The largest absolute Gasteiger partial charge is 0.365 e. The summed E-state index contributed by atoms with van der Waals surface area (Å²) in [6.45, 7) is 4.88. The molecule has 31 heavy (non-hydrogen) atoms. The Balaban J connectivity index is 1.46. The lowest BCUT2D eigenvalue weighted by Crippen LogP contribution is -2.48. The van der Waals surface area contributed by atoms with Crippen molar-refractivity contribution in [3.05, 3.63) is 30.1 Å². The van der Waals surface area contributed by atoms with E-state index in [4.69, 9.17) is 10.1 Å². The molecule has 0 atom stereocenters. The Kier molecular flexibility index (Phi) is 5.52. The molecule has 3 aromatic rings. The fourth-order valence-corrected chi connectivity index (χ4v) is 5.42. The Bertz CT molecular complexity index is 1080. The van der Waals surface area contributed by atoms with Gasteiger partial charge < -0.3 is 15.1 Å². The smallest absolute Gasteiger partial charge is 0.222 e. The Morgan fingerprint density at radius 3 is 2.71 bits per heavy atom. The van der Waals surface area contributed by atoms with Crippen LogP contribution in [0.25, 0.3) is 16.2 Å². The van der Waals surface area contributed by atoms with Gasteiger partial charge in [-0.2, -0.15) is 4.52 Å². The second-order valence-corrected chi connectivity index (χ2v) is 9.18. The number of fused-ring (bicyclic) bond motifs is 1. The number of nitrogens with one attached hydrogen (secondary N) is 1. The second kappa shape index (κ2) is 8.45. The molecule has 1 N–H and O–H groups in total. The van der Waals surface area contributed by atoms with Gasteiger partial charge >= 0.3 is 0 Å². The molecule has 3 heterocycles. The molecule has 2 fully saturated rings. The molecule has 2 aliphatic rings. The van der Waals surface area contributed by atoms with Crippen molar-refractivity contribution >= 4 is 33.2 Å². The Morgan fingerprint density at radius 2 is 2.00 bits per heavy atom. The molecule has 9 heteroatoms. The van der Waals surface area contributed by atoms with E-state index in [1.54, 1.807) is 17.4 Å². The molecule has 0 unspecified atom stereocenters. The minimum atomic E-state index is -0.270. The van der Waals surface area contributed by atoms with Crippen LogP contribution in [0.3, 0.4) is 0 Å². The molecule has 0 spiro atoms. The molecule has 0 radical (unpaired) electrons. The molecule has 1 aliphatic carbocycles. The standard InChI is InChI=1S/C22H27FN6OS/c1-2-18(30)27-10-12-28(13-11-27)22-26-29-20(24-17-8-3-4-9-17)19(25-21(29)31-22)15-6-5-7-16(23)14-15/h5-7,14,17,24H,2-4,8-13H2,1H3. The van der Waals surface area contributed by atoms with Crippen LogP contribution in [0.2, 0.25) is 0 Å². The molecule has 164 valence electrons. The van der Waals surface area contributed by atoms with Crippen LogP contribution in [0, 0.1) is 5.82 Å². The fourth-order valence-electron chi connectivity index (χ4n) is 4.47. The van der Waals surface area contributed by atoms with Crippen molar-refractivity contribution in [1.29, 1.82) is 0 Å². The maximum atomic E-state index is 13.9. The number of halogens is 1. The molecule has 1 saturated carbocycles. The summed E-state index contributed by atoms with van der Waals surface area (Å²) in [6.07, 6.45) is 5.24.